The third kappa shape index (κ3) is 3.24. The first-order valence-corrected chi connectivity index (χ1v) is 8.41. The fourth-order valence-corrected chi connectivity index (χ4v) is 3.76. The number of amides is 1. The van der Waals surface area contributed by atoms with Crippen LogP contribution in [0.3, 0.4) is 0 Å². The van der Waals surface area contributed by atoms with E-state index in [9.17, 15) is 4.79 Å². The van der Waals surface area contributed by atoms with E-state index >= 15 is 0 Å². The van der Waals surface area contributed by atoms with E-state index in [2.05, 4.69) is 21.3 Å². The van der Waals surface area contributed by atoms with Crippen LogP contribution in [0.25, 0.3) is 0 Å². The van der Waals surface area contributed by atoms with Gasteiger partial charge in [-0.3, -0.25) is 9.69 Å². The van der Waals surface area contributed by atoms with Crippen LogP contribution >= 0.6 is 0 Å². The second-order valence-corrected chi connectivity index (χ2v) is 6.56. The molecule has 0 aromatic carbocycles. The topological polar surface area (TPSA) is 71.2 Å². The fourth-order valence-electron chi connectivity index (χ4n) is 3.76. The predicted molar refractivity (Wildman–Crippen MR) is 87.4 cm³/mol. The summed E-state index contributed by atoms with van der Waals surface area (Å²) in [5, 5.41) is 3.07. The maximum atomic E-state index is 11.4. The van der Waals surface area contributed by atoms with E-state index in [1.54, 1.807) is 6.20 Å². The number of pyridine rings is 1. The van der Waals surface area contributed by atoms with Crippen molar-refractivity contribution in [2.75, 3.05) is 18.8 Å². The van der Waals surface area contributed by atoms with Crippen LogP contribution in [0.2, 0.25) is 0 Å². The molecule has 2 aliphatic rings. The number of carbonyl (C=O) groups is 1. The highest BCUT2D eigenvalue weighted by Gasteiger charge is 2.35. The van der Waals surface area contributed by atoms with E-state index in [0.717, 1.165) is 13.1 Å². The Morgan fingerprint density at radius 1 is 1.36 bits per heavy atom. The zero-order valence-corrected chi connectivity index (χ0v) is 13.3. The summed E-state index contributed by atoms with van der Waals surface area (Å²) in [5.41, 5.74) is 7.22. The van der Waals surface area contributed by atoms with E-state index in [-0.39, 0.29) is 5.91 Å². The molecule has 120 valence electrons. The van der Waals surface area contributed by atoms with E-state index in [1.807, 2.05) is 13.0 Å². The standard InChI is InChI=1S/C17H26N4O/c1-2-16(22)20-13-10-21(11-13)14-7-5-12(6-8-14)15-4-3-9-19-17(15)18/h3-4,9,12-14H,2,5-8,10-11H2,1H3,(H2,18,19)(H,20,22). The lowest BCUT2D eigenvalue weighted by molar-refractivity contribution is -0.123. The monoisotopic (exact) mass is 302 g/mol. The number of nitrogens with one attached hydrogen (secondary N) is 1. The minimum absolute atomic E-state index is 0.167. The summed E-state index contributed by atoms with van der Waals surface area (Å²) in [6, 6.07) is 5.13. The minimum atomic E-state index is 0.167. The molecule has 0 bridgehead atoms. The third-order valence-corrected chi connectivity index (χ3v) is 5.12. The zero-order chi connectivity index (χ0) is 15.5. The van der Waals surface area contributed by atoms with Crippen LogP contribution in [0.5, 0.6) is 0 Å². The van der Waals surface area contributed by atoms with E-state index < -0.39 is 0 Å². The van der Waals surface area contributed by atoms with Gasteiger partial charge in [-0.15, -0.1) is 0 Å². The molecule has 22 heavy (non-hydrogen) atoms. The molecule has 0 spiro atoms. The highest BCUT2D eigenvalue weighted by Crippen LogP contribution is 2.37. The maximum Gasteiger partial charge on any atom is 0.220 e. The molecular weight excluding hydrogens is 276 g/mol. The lowest BCUT2D eigenvalue weighted by Gasteiger charge is -2.46. The van der Waals surface area contributed by atoms with Gasteiger partial charge in [-0.2, -0.15) is 0 Å². The summed E-state index contributed by atoms with van der Waals surface area (Å²) < 4.78 is 0. The van der Waals surface area contributed by atoms with Gasteiger partial charge < -0.3 is 11.1 Å². The smallest absolute Gasteiger partial charge is 0.220 e. The van der Waals surface area contributed by atoms with Crippen LogP contribution in [0.4, 0.5) is 5.82 Å². The Hall–Kier alpha value is -1.62. The summed E-state index contributed by atoms with van der Waals surface area (Å²) in [6.07, 6.45) is 7.14. The number of carbonyl (C=O) groups excluding carboxylic acids is 1. The molecule has 2 fully saturated rings. The van der Waals surface area contributed by atoms with E-state index in [0.29, 0.717) is 30.2 Å². The van der Waals surface area contributed by atoms with Crippen molar-refractivity contribution in [2.45, 2.75) is 57.0 Å². The SMILES string of the molecule is CCC(=O)NC1CN(C2CCC(c3cccnc3N)CC2)C1. The molecule has 1 aliphatic carbocycles. The van der Waals surface area contributed by atoms with Gasteiger partial charge in [-0.25, -0.2) is 4.98 Å². The predicted octanol–water partition coefficient (Wildman–Crippen LogP) is 1.90. The minimum Gasteiger partial charge on any atom is -0.383 e. The third-order valence-electron chi connectivity index (χ3n) is 5.12. The highest BCUT2D eigenvalue weighted by atomic mass is 16.1. The molecule has 1 saturated heterocycles. The summed E-state index contributed by atoms with van der Waals surface area (Å²) in [5.74, 6) is 1.42. The van der Waals surface area contributed by atoms with Crippen LogP contribution in [0, 0.1) is 0 Å². The first-order chi connectivity index (χ1) is 10.7. The molecule has 1 saturated carbocycles. The molecule has 3 rings (SSSR count). The van der Waals surface area contributed by atoms with Crippen molar-refractivity contribution in [2.24, 2.45) is 0 Å². The lowest BCUT2D eigenvalue weighted by Crippen LogP contribution is -2.62. The molecule has 1 aromatic heterocycles. The summed E-state index contributed by atoms with van der Waals surface area (Å²) in [4.78, 5) is 18.1. The van der Waals surface area contributed by atoms with Gasteiger partial charge in [0.25, 0.3) is 0 Å². The number of nitrogens with zero attached hydrogens (tertiary/aromatic N) is 2. The van der Waals surface area contributed by atoms with Gasteiger partial charge >= 0.3 is 0 Å². The van der Waals surface area contributed by atoms with Gasteiger partial charge in [-0.05, 0) is 43.2 Å². The molecule has 1 amide bonds. The van der Waals surface area contributed by atoms with Crippen LogP contribution < -0.4 is 11.1 Å². The van der Waals surface area contributed by atoms with Gasteiger partial charge in [0.1, 0.15) is 5.82 Å². The molecule has 2 heterocycles. The van der Waals surface area contributed by atoms with Crippen molar-refractivity contribution in [3.05, 3.63) is 23.9 Å². The summed E-state index contributed by atoms with van der Waals surface area (Å²) in [7, 11) is 0. The average Bonchev–Trinajstić information content (AvgIpc) is 2.51. The summed E-state index contributed by atoms with van der Waals surface area (Å²) >= 11 is 0. The van der Waals surface area contributed by atoms with Crippen molar-refractivity contribution in [1.82, 2.24) is 15.2 Å². The van der Waals surface area contributed by atoms with Gasteiger partial charge in [-0.1, -0.05) is 13.0 Å². The van der Waals surface area contributed by atoms with Crippen LogP contribution in [-0.2, 0) is 4.79 Å². The summed E-state index contributed by atoms with van der Waals surface area (Å²) in [6.45, 7) is 3.92. The van der Waals surface area contributed by atoms with Gasteiger partial charge in [0.15, 0.2) is 0 Å². The Labute approximate surface area is 132 Å². The molecule has 0 unspecified atom stereocenters. The van der Waals surface area contributed by atoms with Crippen molar-refractivity contribution >= 4 is 11.7 Å². The number of nitrogen functional groups attached to an aromatic ring is 1. The van der Waals surface area contributed by atoms with Crippen molar-refractivity contribution in [3.8, 4) is 0 Å². The number of rotatable bonds is 4. The Morgan fingerprint density at radius 2 is 2.09 bits per heavy atom. The van der Waals surface area contributed by atoms with E-state index in [4.69, 9.17) is 5.73 Å². The van der Waals surface area contributed by atoms with Crippen molar-refractivity contribution in [1.29, 1.82) is 0 Å². The molecule has 1 aliphatic heterocycles. The fraction of sp³-hybridized carbons (Fsp3) is 0.647. The molecule has 0 atom stereocenters. The number of likely N-dealkylation sites (tertiary alicyclic amines) is 1. The lowest BCUT2D eigenvalue weighted by atomic mass is 9.80. The van der Waals surface area contributed by atoms with Crippen LogP contribution in [-0.4, -0.2) is 41.0 Å². The Kier molecular flexibility index (Phi) is 4.62. The van der Waals surface area contributed by atoms with Gasteiger partial charge in [0, 0.05) is 31.7 Å². The maximum absolute atomic E-state index is 11.4. The van der Waals surface area contributed by atoms with E-state index in [1.165, 1.54) is 31.2 Å². The molecule has 5 nitrogen and oxygen atoms in total. The molecule has 0 radical (unpaired) electrons. The van der Waals surface area contributed by atoms with Gasteiger partial charge in [0.05, 0.1) is 6.04 Å². The Bertz CT molecular complexity index is 519. The molecule has 5 heteroatoms. The second-order valence-electron chi connectivity index (χ2n) is 6.56. The Morgan fingerprint density at radius 3 is 2.73 bits per heavy atom. The first kappa shape index (κ1) is 15.3. The van der Waals surface area contributed by atoms with Crippen LogP contribution in [0.1, 0.15) is 50.5 Å². The molecule has 1 aromatic rings. The Balaban J connectivity index is 1.45. The average molecular weight is 302 g/mol. The van der Waals surface area contributed by atoms with Crippen molar-refractivity contribution in [3.63, 3.8) is 0 Å². The van der Waals surface area contributed by atoms with Gasteiger partial charge in [0.2, 0.25) is 5.91 Å². The zero-order valence-electron chi connectivity index (χ0n) is 13.3. The number of hydrogen-bond donors (Lipinski definition) is 2. The number of aromatic nitrogens is 1. The number of nitrogens with two attached hydrogens (primary N) is 1. The van der Waals surface area contributed by atoms with Crippen molar-refractivity contribution < 1.29 is 4.79 Å². The molecule has 3 N–H and O–H groups in total. The first-order valence-electron chi connectivity index (χ1n) is 8.41. The largest absolute Gasteiger partial charge is 0.383 e. The quantitative estimate of drug-likeness (QED) is 0.891. The number of hydrogen-bond acceptors (Lipinski definition) is 4. The highest BCUT2D eigenvalue weighted by molar-refractivity contribution is 5.76. The normalized spacial score (nSPS) is 26.4. The van der Waals surface area contributed by atoms with Crippen LogP contribution in [0.15, 0.2) is 18.3 Å². The molecular formula is C17H26N4O. The number of anilines is 1. The second kappa shape index (κ2) is 6.65.